The minimum atomic E-state index is -4.83. The maximum atomic E-state index is 12.6. The highest BCUT2D eigenvalue weighted by Crippen LogP contribution is 2.30. The van der Waals surface area contributed by atoms with E-state index in [0.29, 0.717) is 11.9 Å². The maximum Gasteiger partial charge on any atom is 0.573 e. The van der Waals surface area contributed by atoms with Gasteiger partial charge in [-0.3, -0.25) is 0 Å². The molecule has 39 heavy (non-hydrogen) atoms. The van der Waals surface area contributed by atoms with E-state index in [1.807, 2.05) is 24.3 Å². The van der Waals surface area contributed by atoms with Crippen molar-refractivity contribution in [2.24, 2.45) is 11.8 Å². The lowest BCUT2D eigenvalue weighted by atomic mass is 9.82. The normalized spacial score (nSPS) is 18.2. The largest absolute Gasteiger partial charge is 0.573 e. The molecule has 1 heterocycles. The summed E-state index contributed by atoms with van der Waals surface area (Å²) >= 11 is 0. The fourth-order valence-corrected chi connectivity index (χ4v) is 6.03. The first-order chi connectivity index (χ1) is 18.6. The molecular weight excluding hydrogens is 531 g/mol. The number of alkyl halides is 3. The predicted molar refractivity (Wildman–Crippen MR) is 145 cm³/mol. The molecule has 0 bridgehead atoms. The Hall–Kier alpha value is -3.12. The monoisotopic (exact) mass is 565 g/mol. The van der Waals surface area contributed by atoms with Crippen LogP contribution < -0.4 is 19.7 Å². The van der Waals surface area contributed by atoms with Gasteiger partial charge in [0.2, 0.25) is 16.0 Å². The molecule has 1 fully saturated rings. The predicted octanol–water partition coefficient (Wildman–Crippen LogP) is 5.57. The topological polar surface area (TPSA) is 96.5 Å². The van der Waals surface area contributed by atoms with Crippen LogP contribution in [-0.2, 0) is 10.0 Å². The highest BCUT2D eigenvalue weighted by Gasteiger charge is 2.31. The summed E-state index contributed by atoms with van der Waals surface area (Å²) in [5.41, 5.74) is 0.899. The van der Waals surface area contributed by atoms with Gasteiger partial charge < -0.3 is 15.0 Å². The van der Waals surface area contributed by atoms with Crippen molar-refractivity contribution in [1.29, 1.82) is 0 Å². The molecule has 0 radical (unpaired) electrons. The van der Waals surface area contributed by atoms with Gasteiger partial charge in [-0.25, -0.2) is 18.1 Å². The van der Waals surface area contributed by atoms with E-state index >= 15 is 0 Å². The molecule has 0 atom stereocenters. The highest BCUT2D eigenvalue weighted by atomic mass is 32.2. The standard InChI is InChI=1S/C27H34F3N5O3S/c1-3-35(4-2)25-23-7-5-6-8-24(23)33-26(34-25)31-17-19-9-11-20(12-10-19)18-32-39(36,37)22-15-13-21(14-16-22)38-27(28,29)30/h5-8,13-16,19-20,32H,3-4,9-12,17-18H2,1-2H3,(H,31,33,34)/t19-,20-. The summed E-state index contributed by atoms with van der Waals surface area (Å²) in [7, 11) is -3.83. The summed E-state index contributed by atoms with van der Waals surface area (Å²) < 4.78 is 68.6. The number of fused-ring (bicyclic) bond motifs is 1. The molecule has 212 valence electrons. The van der Waals surface area contributed by atoms with Gasteiger partial charge in [0.15, 0.2) is 0 Å². The number of rotatable bonds is 11. The molecule has 0 aliphatic heterocycles. The Kier molecular flexibility index (Phi) is 9.16. The number of nitrogens with one attached hydrogen (secondary N) is 2. The molecule has 1 aliphatic carbocycles. The van der Waals surface area contributed by atoms with Crippen molar-refractivity contribution in [3.05, 3.63) is 48.5 Å². The number of para-hydroxylation sites is 1. The number of sulfonamides is 1. The van der Waals surface area contributed by atoms with E-state index in [2.05, 4.69) is 33.5 Å². The molecule has 1 saturated carbocycles. The molecule has 4 rings (SSSR count). The lowest BCUT2D eigenvalue weighted by Crippen LogP contribution is -2.32. The van der Waals surface area contributed by atoms with E-state index in [0.717, 1.165) is 86.3 Å². The maximum absolute atomic E-state index is 12.6. The lowest BCUT2D eigenvalue weighted by Gasteiger charge is -2.29. The van der Waals surface area contributed by atoms with Gasteiger partial charge in [-0.1, -0.05) is 12.1 Å². The SMILES string of the molecule is CCN(CC)c1nc(NC[C@H]2CC[C@H](CNS(=O)(=O)c3ccc(OC(F)(F)F)cc3)CC2)nc2ccccc12. The number of hydrogen-bond donors (Lipinski definition) is 2. The van der Waals surface area contributed by atoms with Crippen molar-refractivity contribution in [3.8, 4) is 5.75 Å². The average Bonchev–Trinajstić information content (AvgIpc) is 2.91. The van der Waals surface area contributed by atoms with Crippen LogP contribution in [0.3, 0.4) is 0 Å². The van der Waals surface area contributed by atoms with Gasteiger partial charge in [0.05, 0.1) is 10.4 Å². The molecular formula is C27H34F3N5O3S. The van der Waals surface area contributed by atoms with Gasteiger partial charge in [0.25, 0.3) is 0 Å². The third-order valence-corrected chi connectivity index (χ3v) is 8.53. The van der Waals surface area contributed by atoms with Crippen molar-refractivity contribution >= 4 is 32.7 Å². The first kappa shape index (κ1) is 28.9. The van der Waals surface area contributed by atoms with E-state index in [-0.39, 0.29) is 17.4 Å². The number of nitrogens with zero attached hydrogens (tertiary/aromatic N) is 3. The van der Waals surface area contributed by atoms with Crippen LogP contribution in [0.2, 0.25) is 0 Å². The van der Waals surface area contributed by atoms with Crippen LogP contribution >= 0.6 is 0 Å². The molecule has 8 nitrogen and oxygen atoms in total. The van der Waals surface area contributed by atoms with Crippen LogP contribution in [0.4, 0.5) is 24.9 Å². The molecule has 0 saturated heterocycles. The minimum absolute atomic E-state index is 0.102. The van der Waals surface area contributed by atoms with Gasteiger partial charge in [-0.2, -0.15) is 4.98 Å². The van der Waals surface area contributed by atoms with Crippen molar-refractivity contribution in [2.45, 2.75) is 50.8 Å². The van der Waals surface area contributed by atoms with Crippen LogP contribution in [0.25, 0.3) is 10.9 Å². The molecule has 0 amide bonds. The summed E-state index contributed by atoms with van der Waals surface area (Å²) in [5, 5.41) is 4.45. The Morgan fingerprint density at radius 2 is 1.54 bits per heavy atom. The van der Waals surface area contributed by atoms with E-state index in [1.165, 1.54) is 0 Å². The van der Waals surface area contributed by atoms with Crippen molar-refractivity contribution < 1.29 is 26.3 Å². The van der Waals surface area contributed by atoms with Gasteiger partial charge in [-0.15, -0.1) is 13.2 Å². The molecule has 0 spiro atoms. The average molecular weight is 566 g/mol. The van der Waals surface area contributed by atoms with Gasteiger partial charge in [0.1, 0.15) is 11.6 Å². The first-order valence-corrected chi connectivity index (χ1v) is 14.7. The Bertz CT molecular complexity index is 1340. The first-order valence-electron chi connectivity index (χ1n) is 13.2. The second kappa shape index (κ2) is 12.4. The number of aromatic nitrogens is 2. The minimum Gasteiger partial charge on any atom is -0.406 e. The molecule has 2 N–H and O–H groups in total. The van der Waals surface area contributed by atoms with E-state index in [9.17, 15) is 21.6 Å². The highest BCUT2D eigenvalue weighted by molar-refractivity contribution is 7.89. The molecule has 1 aromatic heterocycles. The third-order valence-electron chi connectivity index (χ3n) is 7.09. The molecule has 3 aromatic rings. The molecule has 0 unspecified atom stereocenters. The summed E-state index contributed by atoms with van der Waals surface area (Å²) in [6.45, 7) is 6.93. The van der Waals surface area contributed by atoms with Gasteiger partial charge in [-0.05, 0) is 87.8 Å². The Balaban J connectivity index is 1.28. The number of ether oxygens (including phenoxy) is 1. The second-order valence-electron chi connectivity index (χ2n) is 9.70. The fourth-order valence-electron chi connectivity index (χ4n) is 4.91. The zero-order chi connectivity index (χ0) is 28.0. The van der Waals surface area contributed by atoms with Crippen LogP contribution in [0.1, 0.15) is 39.5 Å². The summed E-state index contributed by atoms with van der Waals surface area (Å²) in [6, 6.07) is 12.2. The third kappa shape index (κ3) is 7.72. The molecule has 1 aliphatic rings. The summed E-state index contributed by atoms with van der Waals surface area (Å²) in [4.78, 5) is 11.6. The Labute approximate surface area is 227 Å². The fraction of sp³-hybridized carbons (Fsp3) is 0.481. The number of anilines is 2. The van der Waals surface area contributed by atoms with Crippen LogP contribution in [0, 0.1) is 11.8 Å². The smallest absolute Gasteiger partial charge is 0.406 e. The second-order valence-corrected chi connectivity index (χ2v) is 11.5. The van der Waals surface area contributed by atoms with Crippen molar-refractivity contribution in [3.63, 3.8) is 0 Å². The van der Waals surface area contributed by atoms with Crippen molar-refractivity contribution in [2.75, 3.05) is 36.4 Å². The molecule has 12 heteroatoms. The zero-order valence-electron chi connectivity index (χ0n) is 22.0. The van der Waals surface area contributed by atoms with Crippen LogP contribution in [-0.4, -0.2) is 50.9 Å². The van der Waals surface area contributed by atoms with Gasteiger partial charge >= 0.3 is 6.36 Å². The van der Waals surface area contributed by atoms with E-state index in [1.54, 1.807) is 0 Å². The lowest BCUT2D eigenvalue weighted by molar-refractivity contribution is -0.274. The van der Waals surface area contributed by atoms with E-state index < -0.39 is 22.1 Å². The van der Waals surface area contributed by atoms with Crippen LogP contribution in [0.5, 0.6) is 5.75 Å². The quantitative estimate of drug-likeness (QED) is 0.314. The Morgan fingerprint density at radius 1 is 0.923 bits per heavy atom. The Morgan fingerprint density at radius 3 is 2.15 bits per heavy atom. The summed E-state index contributed by atoms with van der Waals surface area (Å²) in [5.74, 6) is 1.68. The van der Waals surface area contributed by atoms with E-state index in [4.69, 9.17) is 9.97 Å². The van der Waals surface area contributed by atoms with Crippen LogP contribution in [0.15, 0.2) is 53.4 Å². The zero-order valence-corrected chi connectivity index (χ0v) is 22.9. The number of hydrogen-bond acceptors (Lipinski definition) is 7. The van der Waals surface area contributed by atoms with Gasteiger partial charge in [0, 0.05) is 31.6 Å². The number of benzene rings is 2. The summed E-state index contributed by atoms with van der Waals surface area (Å²) in [6.07, 6.45) is -1.20. The number of halogens is 3. The molecule has 2 aromatic carbocycles. The van der Waals surface area contributed by atoms with Crippen molar-refractivity contribution in [1.82, 2.24) is 14.7 Å².